The van der Waals surface area contributed by atoms with Crippen LogP contribution in [0.4, 0.5) is 13.2 Å². The second-order valence-electron chi connectivity index (χ2n) is 5.80. The maximum Gasteiger partial charge on any atom is 0.416 e. The highest BCUT2D eigenvalue weighted by molar-refractivity contribution is 5.86. The highest BCUT2D eigenvalue weighted by atomic mass is 35.5. The van der Waals surface area contributed by atoms with Gasteiger partial charge in [0.25, 0.3) is 0 Å². The van der Waals surface area contributed by atoms with Crippen LogP contribution in [0.5, 0.6) is 0 Å². The molecular formula is C18H18ClF3N2. The van der Waals surface area contributed by atoms with Gasteiger partial charge in [-0.2, -0.15) is 13.2 Å². The maximum atomic E-state index is 13.4. The summed E-state index contributed by atoms with van der Waals surface area (Å²) in [7, 11) is 3.72. The van der Waals surface area contributed by atoms with Crippen molar-refractivity contribution >= 4 is 18.2 Å². The molecule has 0 amide bonds. The van der Waals surface area contributed by atoms with E-state index in [0.29, 0.717) is 6.42 Å². The first kappa shape index (κ1) is 18.3. The molecule has 0 N–H and O–H groups in total. The number of nitrogens with zero attached hydrogens (tertiary/aromatic N) is 2. The first-order valence-electron chi connectivity index (χ1n) is 7.36. The quantitative estimate of drug-likeness (QED) is 0.722. The molecule has 3 rings (SSSR count). The van der Waals surface area contributed by atoms with Gasteiger partial charge in [0.05, 0.1) is 5.56 Å². The van der Waals surface area contributed by atoms with Crippen LogP contribution in [0.15, 0.2) is 53.5 Å². The van der Waals surface area contributed by atoms with E-state index in [0.717, 1.165) is 23.0 Å². The van der Waals surface area contributed by atoms with Crippen molar-refractivity contribution in [1.29, 1.82) is 0 Å². The molecule has 24 heavy (non-hydrogen) atoms. The van der Waals surface area contributed by atoms with E-state index in [1.54, 1.807) is 6.07 Å². The average Bonchev–Trinajstić information content (AvgIpc) is 2.53. The first-order chi connectivity index (χ1) is 10.9. The number of likely N-dealkylation sites (N-methyl/N-ethyl adjacent to an activating group) is 1. The zero-order chi connectivity index (χ0) is 16.6. The Morgan fingerprint density at radius 2 is 1.54 bits per heavy atom. The van der Waals surface area contributed by atoms with Gasteiger partial charge in [0.1, 0.15) is 11.9 Å². The van der Waals surface area contributed by atoms with Crippen LogP contribution in [-0.2, 0) is 12.6 Å². The molecule has 0 fully saturated rings. The van der Waals surface area contributed by atoms with Gasteiger partial charge in [-0.3, -0.25) is 4.99 Å². The van der Waals surface area contributed by atoms with Crippen molar-refractivity contribution in [2.45, 2.75) is 18.6 Å². The van der Waals surface area contributed by atoms with Crippen LogP contribution >= 0.6 is 12.4 Å². The number of amidine groups is 1. The maximum absolute atomic E-state index is 13.4. The van der Waals surface area contributed by atoms with Crippen molar-refractivity contribution in [1.82, 2.24) is 4.90 Å². The molecule has 2 aromatic carbocycles. The second kappa shape index (κ2) is 6.85. The zero-order valence-electron chi connectivity index (χ0n) is 13.3. The lowest BCUT2D eigenvalue weighted by Gasteiger charge is -2.29. The van der Waals surface area contributed by atoms with Crippen LogP contribution < -0.4 is 0 Å². The molecule has 1 aliphatic rings. The first-order valence-corrected chi connectivity index (χ1v) is 7.36. The molecule has 0 saturated heterocycles. The molecule has 1 atom stereocenters. The highest BCUT2D eigenvalue weighted by Crippen LogP contribution is 2.40. The Morgan fingerprint density at radius 3 is 2.17 bits per heavy atom. The standard InChI is InChI=1S/C18H17F3N2.ClH/c1-23(2)16-11-12-7-3-4-8-13(12)17(22-16)14-9-5-6-10-15(14)18(19,20)21;/h3-10,17H,11H2,1-2H3;1H. The van der Waals surface area contributed by atoms with E-state index in [1.807, 2.05) is 43.3 Å². The van der Waals surface area contributed by atoms with Gasteiger partial charge in [-0.15, -0.1) is 12.4 Å². The van der Waals surface area contributed by atoms with Crippen molar-refractivity contribution in [2.24, 2.45) is 4.99 Å². The number of benzene rings is 2. The van der Waals surface area contributed by atoms with Crippen molar-refractivity contribution < 1.29 is 13.2 Å². The number of rotatable bonds is 1. The molecule has 0 aromatic heterocycles. The minimum Gasteiger partial charge on any atom is -0.366 e. The van der Waals surface area contributed by atoms with Crippen molar-refractivity contribution in [3.05, 3.63) is 70.8 Å². The largest absolute Gasteiger partial charge is 0.416 e. The van der Waals surface area contributed by atoms with E-state index >= 15 is 0 Å². The van der Waals surface area contributed by atoms with Gasteiger partial charge in [-0.05, 0) is 22.8 Å². The third kappa shape index (κ3) is 3.41. The van der Waals surface area contributed by atoms with E-state index in [-0.39, 0.29) is 18.0 Å². The number of hydrogen-bond acceptors (Lipinski definition) is 2. The molecule has 2 nitrogen and oxygen atoms in total. The fraction of sp³-hybridized carbons (Fsp3) is 0.278. The van der Waals surface area contributed by atoms with Crippen LogP contribution in [0.3, 0.4) is 0 Å². The lowest BCUT2D eigenvalue weighted by atomic mass is 9.88. The van der Waals surface area contributed by atoms with Crippen molar-refractivity contribution in [3.8, 4) is 0 Å². The number of aliphatic imine (C=N–C) groups is 1. The molecule has 1 aliphatic heterocycles. The molecule has 1 unspecified atom stereocenters. The summed E-state index contributed by atoms with van der Waals surface area (Å²) in [4.78, 5) is 6.47. The molecule has 6 heteroatoms. The Hall–Kier alpha value is -2.01. The van der Waals surface area contributed by atoms with Crippen LogP contribution in [-0.4, -0.2) is 24.8 Å². The SMILES string of the molecule is CN(C)C1=NC(c2ccccc2C(F)(F)F)c2ccccc2C1.Cl. The summed E-state index contributed by atoms with van der Waals surface area (Å²) in [6.07, 6.45) is -3.76. The fourth-order valence-corrected chi connectivity index (χ4v) is 2.90. The number of halogens is 4. The van der Waals surface area contributed by atoms with Gasteiger partial charge >= 0.3 is 6.18 Å². The van der Waals surface area contributed by atoms with Crippen molar-refractivity contribution in [2.75, 3.05) is 14.1 Å². The summed E-state index contributed by atoms with van der Waals surface area (Å²) in [6.45, 7) is 0. The summed E-state index contributed by atoms with van der Waals surface area (Å²) in [5, 5.41) is 0. The summed E-state index contributed by atoms with van der Waals surface area (Å²) in [5.74, 6) is 0.783. The number of alkyl halides is 3. The lowest BCUT2D eigenvalue weighted by molar-refractivity contribution is -0.138. The minimum atomic E-state index is -4.39. The summed E-state index contributed by atoms with van der Waals surface area (Å²) >= 11 is 0. The van der Waals surface area contributed by atoms with Gasteiger partial charge in [0.2, 0.25) is 0 Å². The zero-order valence-corrected chi connectivity index (χ0v) is 14.2. The fourth-order valence-electron chi connectivity index (χ4n) is 2.90. The molecule has 0 aliphatic carbocycles. The molecule has 0 spiro atoms. The van der Waals surface area contributed by atoms with Crippen LogP contribution in [0.25, 0.3) is 0 Å². The van der Waals surface area contributed by atoms with E-state index in [1.165, 1.54) is 12.1 Å². The lowest BCUT2D eigenvalue weighted by Crippen LogP contribution is -2.29. The topological polar surface area (TPSA) is 15.6 Å². The van der Waals surface area contributed by atoms with Crippen LogP contribution in [0, 0.1) is 0 Å². The van der Waals surface area contributed by atoms with Gasteiger partial charge in [-0.1, -0.05) is 42.5 Å². The van der Waals surface area contributed by atoms with Crippen LogP contribution in [0.2, 0.25) is 0 Å². The Kier molecular flexibility index (Phi) is 5.23. The smallest absolute Gasteiger partial charge is 0.366 e. The number of fused-ring (bicyclic) bond motifs is 1. The third-order valence-corrected chi connectivity index (χ3v) is 4.05. The van der Waals surface area contributed by atoms with Crippen LogP contribution in [0.1, 0.15) is 28.3 Å². The second-order valence-corrected chi connectivity index (χ2v) is 5.80. The summed E-state index contributed by atoms with van der Waals surface area (Å²) in [6, 6.07) is 12.6. The predicted molar refractivity (Wildman–Crippen MR) is 91.8 cm³/mol. The number of hydrogen-bond donors (Lipinski definition) is 0. The van der Waals surface area contributed by atoms with Gasteiger partial charge < -0.3 is 4.90 Å². The van der Waals surface area contributed by atoms with Gasteiger partial charge in [-0.25, -0.2) is 0 Å². The van der Waals surface area contributed by atoms with Crippen molar-refractivity contribution in [3.63, 3.8) is 0 Å². The van der Waals surface area contributed by atoms with E-state index in [4.69, 9.17) is 0 Å². The monoisotopic (exact) mass is 354 g/mol. The summed E-state index contributed by atoms with van der Waals surface area (Å²) in [5.41, 5.74) is 1.44. The molecular weight excluding hydrogens is 337 g/mol. The Bertz CT molecular complexity index is 754. The Balaban J connectivity index is 0.00000208. The van der Waals surface area contributed by atoms with E-state index in [2.05, 4.69) is 4.99 Å². The third-order valence-electron chi connectivity index (χ3n) is 4.05. The predicted octanol–water partition coefficient (Wildman–Crippen LogP) is 4.73. The molecule has 2 aromatic rings. The summed E-state index contributed by atoms with van der Waals surface area (Å²) < 4.78 is 40.1. The Labute approximate surface area is 145 Å². The molecule has 128 valence electrons. The molecule has 0 bridgehead atoms. The average molecular weight is 355 g/mol. The molecule has 1 heterocycles. The van der Waals surface area contributed by atoms with Gasteiger partial charge in [0.15, 0.2) is 0 Å². The van der Waals surface area contributed by atoms with E-state index in [9.17, 15) is 13.2 Å². The van der Waals surface area contributed by atoms with E-state index < -0.39 is 17.8 Å². The highest BCUT2D eigenvalue weighted by Gasteiger charge is 2.36. The Morgan fingerprint density at radius 1 is 0.958 bits per heavy atom. The normalized spacial score (nSPS) is 16.7. The van der Waals surface area contributed by atoms with Gasteiger partial charge in [0, 0.05) is 20.5 Å². The molecule has 0 saturated carbocycles. The molecule has 0 radical (unpaired) electrons. The minimum absolute atomic E-state index is 0.